The molecule has 2 aromatic rings. The zero-order valence-electron chi connectivity index (χ0n) is 18.9. The molecule has 33 heavy (non-hydrogen) atoms. The topological polar surface area (TPSA) is 113 Å². The van der Waals surface area contributed by atoms with Crippen molar-refractivity contribution in [3.63, 3.8) is 0 Å². The molecule has 1 aliphatic rings. The molecule has 1 aliphatic heterocycles. The number of carbonyl (C=O) groups is 1. The molecule has 180 valence electrons. The third-order valence-electron chi connectivity index (χ3n) is 5.63. The highest BCUT2D eigenvalue weighted by molar-refractivity contribution is 7.89. The van der Waals surface area contributed by atoms with Crippen LogP contribution in [0.25, 0.3) is 0 Å². The molecule has 2 aromatic carbocycles. The summed E-state index contributed by atoms with van der Waals surface area (Å²) in [6.45, 7) is 0.899. The van der Waals surface area contributed by atoms with E-state index in [4.69, 9.17) is 4.74 Å². The van der Waals surface area contributed by atoms with E-state index in [1.54, 1.807) is 30.3 Å². The van der Waals surface area contributed by atoms with Crippen molar-refractivity contribution in [3.8, 4) is 5.75 Å². The monoisotopic (exact) mass is 495 g/mol. The van der Waals surface area contributed by atoms with E-state index < -0.39 is 32.0 Å². The smallest absolute Gasteiger partial charge is 0.247 e. The van der Waals surface area contributed by atoms with Crippen molar-refractivity contribution in [2.24, 2.45) is 0 Å². The average molecular weight is 496 g/mol. The molecule has 1 N–H and O–H groups in total. The number of carbonyl (C=O) groups excluding carboxylic acids is 1. The number of anilines is 1. The Morgan fingerprint density at radius 3 is 2.24 bits per heavy atom. The molecule has 1 amide bonds. The van der Waals surface area contributed by atoms with Crippen LogP contribution >= 0.6 is 0 Å². The van der Waals surface area contributed by atoms with Crippen LogP contribution in [0, 0.1) is 0 Å². The molecular weight excluding hydrogens is 466 g/mol. The minimum Gasteiger partial charge on any atom is -0.495 e. The van der Waals surface area contributed by atoms with Crippen LogP contribution in [0.1, 0.15) is 30.9 Å². The van der Waals surface area contributed by atoms with E-state index in [9.17, 15) is 21.6 Å². The van der Waals surface area contributed by atoms with Gasteiger partial charge in [-0.1, -0.05) is 36.8 Å². The lowest BCUT2D eigenvalue weighted by molar-refractivity contribution is -0.119. The molecule has 0 saturated carbocycles. The number of nitrogens with zero attached hydrogens (tertiary/aromatic N) is 2. The van der Waals surface area contributed by atoms with Gasteiger partial charge in [0.1, 0.15) is 11.8 Å². The summed E-state index contributed by atoms with van der Waals surface area (Å²) in [6.07, 6.45) is 3.61. The summed E-state index contributed by atoms with van der Waals surface area (Å²) >= 11 is 0. The van der Waals surface area contributed by atoms with Crippen LogP contribution in [0.2, 0.25) is 0 Å². The molecule has 0 radical (unpaired) electrons. The quantitative estimate of drug-likeness (QED) is 0.602. The maximum absolute atomic E-state index is 13.3. The van der Waals surface area contributed by atoms with Crippen molar-refractivity contribution in [2.45, 2.75) is 30.2 Å². The molecule has 1 unspecified atom stereocenters. The second kappa shape index (κ2) is 10.2. The van der Waals surface area contributed by atoms with Crippen molar-refractivity contribution in [1.82, 2.24) is 8.61 Å². The third kappa shape index (κ3) is 5.72. The van der Waals surface area contributed by atoms with Crippen LogP contribution in [0.15, 0.2) is 53.4 Å². The fraction of sp³-hybridized carbons (Fsp3) is 0.409. The van der Waals surface area contributed by atoms with Gasteiger partial charge in [0, 0.05) is 20.1 Å². The molecule has 1 fully saturated rings. The number of piperidine rings is 1. The SMILES string of the molecule is COc1ccc(S(=O)(=O)N2CCCCC2)cc1NC(=O)C(c1ccccc1)N(C)S(C)(=O)=O. The Morgan fingerprint density at radius 2 is 1.67 bits per heavy atom. The van der Waals surface area contributed by atoms with Crippen LogP contribution in [0.5, 0.6) is 5.75 Å². The predicted molar refractivity (Wildman–Crippen MR) is 126 cm³/mol. The molecule has 1 atom stereocenters. The fourth-order valence-electron chi connectivity index (χ4n) is 3.75. The van der Waals surface area contributed by atoms with E-state index >= 15 is 0 Å². The zero-order valence-corrected chi connectivity index (χ0v) is 20.5. The number of rotatable bonds is 8. The maximum Gasteiger partial charge on any atom is 0.247 e. The van der Waals surface area contributed by atoms with E-state index in [0.29, 0.717) is 18.7 Å². The van der Waals surface area contributed by atoms with Gasteiger partial charge < -0.3 is 10.1 Å². The number of methoxy groups -OCH3 is 1. The van der Waals surface area contributed by atoms with E-state index in [1.807, 2.05) is 0 Å². The molecule has 11 heteroatoms. The van der Waals surface area contributed by atoms with Gasteiger partial charge in [-0.05, 0) is 36.6 Å². The predicted octanol–water partition coefficient (Wildman–Crippen LogP) is 2.44. The Bertz CT molecular complexity index is 1190. The second-order valence-corrected chi connectivity index (χ2v) is 11.9. The summed E-state index contributed by atoms with van der Waals surface area (Å²) in [5.41, 5.74) is 0.613. The van der Waals surface area contributed by atoms with E-state index in [-0.39, 0.29) is 16.3 Å². The Kier molecular flexibility index (Phi) is 7.78. The lowest BCUT2D eigenvalue weighted by atomic mass is 10.1. The van der Waals surface area contributed by atoms with Crippen LogP contribution < -0.4 is 10.1 Å². The third-order valence-corrected chi connectivity index (χ3v) is 8.78. The van der Waals surface area contributed by atoms with Gasteiger partial charge >= 0.3 is 0 Å². The van der Waals surface area contributed by atoms with Crippen molar-refractivity contribution < 1.29 is 26.4 Å². The number of hydrogen-bond donors (Lipinski definition) is 1. The molecule has 0 aliphatic carbocycles. The van der Waals surface area contributed by atoms with Gasteiger partial charge in [0.25, 0.3) is 0 Å². The standard InChI is InChI=1S/C22H29N3O6S2/c1-24(32(3,27)28)21(17-10-6-4-7-11-17)22(26)23-19-16-18(12-13-20(19)31-2)33(29,30)25-14-8-5-9-15-25/h4,6-7,10-13,16,21H,5,8-9,14-15H2,1-3H3,(H,23,26). The van der Waals surface area contributed by atoms with E-state index in [2.05, 4.69) is 5.32 Å². The van der Waals surface area contributed by atoms with Gasteiger partial charge in [0.15, 0.2) is 0 Å². The maximum atomic E-state index is 13.3. The Hall–Kier alpha value is -2.47. The van der Waals surface area contributed by atoms with Gasteiger partial charge in [-0.25, -0.2) is 16.8 Å². The molecule has 0 bridgehead atoms. The largest absolute Gasteiger partial charge is 0.495 e. The molecular formula is C22H29N3O6S2. The van der Waals surface area contributed by atoms with Crippen LogP contribution in [0.3, 0.4) is 0 Å². The summed E-state index contributed by atoms with van der Waals surface area (Å²) in [7, 11) is -4.72. The second-order valence-electron chi connectivity index (χ2n) is 7.91. The number of benzene rings is 2. The number of hydrogen-bond acceptors (Lipinski definition) is 6. The first-order chi connectivity index (χ1) is 15.6. The van der Waals surface area contributed by atoms with Crippen molar-refractivity contribution in [1.29, 1.82) is 0 Å². The summed E-state index contributed by atoms with van der Waals surface area (Å²) in [5, 5.41) is 2.68. The number of likely N-dealkylation sites (N-methyl/N-ethyl adjacent to an activating group) is 1. The van der Waals surface area contributed by atoms with Crippen molar-refractivity contribution in [3.05, 3.63) is 54.1 Å². The summed E-state index contributed by atoms with van der Waals surface area (Å²) in [5.74, 6) is -0.380. The number of sulfonamides is 2. The van der Waals surface area contributed by atoms with Crippen molar-refractivity contribution >= 4 is 31.6 Å². The molecule has 9 nitrogen and oxygen atoms in total. The van der Waals surface area contributed by atoms with Gasteiger partial charge in [0.2, 0.25) is 26.0 Å². The Balaban J connectivity index is 1.97. The van der Waals surface area contributed by atoms with Gasteiger partial charge in [-0.2, -0.15) is 8.61 Å². The minimum atomic E-state index is -3.74. The van der Waals surface area contributed by atoms with E-state index in [1.165, 1.54) is 36.7 Å². The lowest BCUT2D eigenvalue weighted by Gasteiger charge is -2.27. The van der Waals surface area contributed by atoms with Gasteiger partial charge in [-0.3, -0.25) is 4.79 Å². The highest BCUT2D eigenvalue weighted by atomic mass is 32.2. The highest BCUT2D eigenvalue weighted by Gasteiger charge is 2.32. The zero-order chi connectivity index (χ0) is 24.2. The Morgan fingerprint density at radius 1 is 1.03 bits per heavy atom. The van der Waals surface area contributed by atoms with Crippen LogP contribution in [0.4, 0.5) is 5.69 Å². The molecule has 3 rings (SSSR count). The first-order valence-corrected chi connectivity index (χ1v) is 13.8. The van der Waals surface area contributed by atoms with Crippen molar-refractivity contribution in [2.75, 3.05) is 38.8 Å². The van der Waals surface area contributed by atoms with Crippen LogP contribution in [-0.4, -0.2) is 64.9 Å². The molecule has 1 heterocycles. The average Bonchev–Trinajstić information content (AvgIpc) is 2.79. The molecule has 0 aromatic heterocycles. The summed E-state index contributed by atoms with van der Waals surface area (Å²) in [6, 6.07) is 11.6. The highest BCUT2D eigenvalue weighted by Crippen LogP contribution is 2.32. The number of amides is 1. The molecule has 1 saturated heterocycles. The number of nitrogens with one attached hydrogen (secondary N) is 1. The minimum absolute atomic E-state index is 0.0354. The molecule has 0 spiro atoms. The van der Waals surface area contributed by atoms with Crippen LogP contribution in [-0.2, 0) is 24.8 Å². The van der Waals surface area contributed by atoms with Gasteiger partial charge in [-0.15, -0.1) is 0 Å². The lowest BCUT2D eigenvalue weighted by Crippen LogP contribution is -2.38. The number of ether oxygens (including phenoxy) is 1. The fourth-order valence-corrected chi connectivity index (χ4v) is 5.90. The summed E-state index contributed by atoms with van der Waals surface area (Å²) in [4.78, 5) is 13.3. The first-order valence-electron chi connectivity index (χ1n) is 10.5. The Labute approximate surface area is 195 Å². The summed E-state index contributed by atoms with van der Waals surface area (Å²) < 4.78 is 58.4. The van der Waals surface area contributed by atoms with Gasteiger partial charge in [0.05, 0.1) is 23.9 Å². The van der Waals surface area contributed by atoms with E-state index in [0.717, 1.165) is 29.8 Å². The first kappa shape index (κ1) is 25.2. The normalized spacial score (nSPS) is 16.4.